The van der Waals surface area contributed by atoms with Crippen LogP contribution in [0.4, 0.5) is 0 Å². The van der Waals surface area contributed by atoms with E-state index in [2.05, 4.69) is 10.0 Å². The van der Waals surface area contributed by atoms with Crippen LogP contribution in [-0.4, -0.2) is 56.7 Å². The first-order valence-electron chi connectivity index (χ1n) is 5.19. The summed E-state index contributed by atoms with van der Waals surface area (Å²) in [5.41, 5.74) is 0. The lowest BCUT2D eigenvalue weighted by molar-refractivity contribution is 0.249. The van der Waals surface area contributed by atoms with E-state index in [0.29, 0.717) is 32.6 Å². The molecular weight excluding hydrogens is 218 g/mol. The molecule has 3 N–H and O–H groups in total. The number of piperazine rings is 1. The highest BCUT2D eigenvalue weighted by Gasteiger charge is 2.25. The molecule has 0 aromatic heterocycles. The highest BCUT2D eigenvalue weighted by Crippen LogP contribution is 2.02. The summed E-state index contributed by atoms with van der Waals surface area (Å²) < 4.78 is 27.5. The molecule has 0 bridgehead atoms. The normalized spacial score (nSPS) is 21.5. The first-order valence-corrected chi connectivity index (χ1v) is 6.63. The summed E-state index contributed by atoms with van der Waals surface area (Å²) >= 11 is 0. The van der Waals surface area contributed by atoms with E-state index in [1.54, 1.807) is 0 Å². The molecule has 0 aromatic rings. The average molecular weight is 237 g/mol. The third-order valence-electron chi connectivity index (χ3n) is 2.44. The van der Waals surface area contributed by atoms with Crippen molar-refractivity contribution in [3.8, 4) is 0 Å². The fraction of sp³-hybridized carbons (Fsp3) is 1.00. The molecule has 1 rings (SSSR count). The summed E-state index contributed by atoms with van der Waals surface area (Å²) in [5, 5.41) is 12.0. The fourth-order valence-electron chi connectivity index (χ4n) is 1.42. The molecule has 0 radical (unpaired) electrons. The van der Waals surface area contributed by atoms with Crippen molar-refractivity contribution in [3.05, 3.63) is 0 Å². The van der Waals surface area contributed by atoms with Gasteiger partial charge in [0.1, 0.15) is 0 Å². The van der Waals surface area contributed by atoms with Crippen molar-refractivity contribution in [2.45, 2.75) is 19.4 Å². The van der Waals surface area contributed by atoms with Gasteiger partial charge in [-0.05, 0) is 6.42 Å². The number of aliphatic hydroxyl groups excluding tert-OH is 1. The topological polar surface area (TPSA) is 81.7 Å². The van der Waals surface area contributed by atoms with Crippen LogP contribution >= 0.6 is 0 Å². The van der Waals surface area contributed by atoms with E-state index in [0.717, 1.165) is 0 Å². The van der Waals surface area contributed by atoms with Crippen LogP contribution in [0.15, 0.2) is 0 Å². The minimum absolute atomic E-state index is 0.165. The lowest BCUT2D eigenvalue weighted by atomic mass is 10.3. The Hall–Kier alpha value is -0.210. The van der Waals surface area contributed by atoms with E-state index in [1.807, 2.05) is 6.92 Å². The zero-order valence-corrected chi connectivity index (χ0v) is 9.76. The van der Waals surface area contributed by atoms with E-state index in [-0.39, 0.29) is 12.6 Å². The molecule has 0 unspecified atom stereocenters. The van der Waals surface area contributed by atoms with E-state index in [9.17, 15) is 8.42 Å². The molecule has 6 nitrogen and oxygen atoms in total. The molecule has 90 valence electrons. The van der Waals surface area contributed by atoms with Gasteiger partial charge in [-0.1, -0.05) is 6.92 Å². The van der Waals surface area contributed by atoms with Crippen molar-refractivity contribution in [2.75, 3.05) is 32.8 Å². The van der Waals surface area contributed by atoms with Crippen LogP contribution in [0, 0.1) is 0 Å². The average Bonchev–Trinajstić information content (AvgIpc) is 2.27. The van der Waals surface area contributed by atoms with Gasteiger partial charge in [-0.2, -0.15) is 17.4 Å². The molecule has 1 heterocycles. The largest absolute Gasteiger partial charge is 0.395 e. The Kier molecular flexibility index (Phi) is 4.94. The minimum atomic E-state index is -3.42. The third-order valence-corrected chi connectivity index (χ3v) is 4.12. The Bertz CT molecular complexity index is 271. The molecule has 1 aliphatic rings. The third kappa shape index (κ3) is 3.69. The Labute approximate surface area is 90.8 Å². The molecule has 0 saturated carbocycles. The Morgan fingerprint density at radius 1 is 1.47 bits per heavy atom. The number of nitrogens with zero attached hydrogens (tertiary/aromatic N) is 1. The molecule has 0 aromatic carbocycles. The van der Waals surface area contributed by atoms with Crippen LogP contribution < -0.4 is 10.0 Å². The minimum Gasteiger partial charge on any atom is -0.395 e. The van der Waals surface area contributed by atoms with E-state index < -0.39 is 10.2 Å². The zero-order chi connectivity index (χ0) is 11.3. The van der Waals surface area contributed by atoms with Gasteiger partial charge in [-0.3, -0.25) is 0 Å². The van der Waals surface area contributed by atoms with E-state index in [1.165, 1.54) is 4.31 Å². The Balaban J connectivity index is 2.56. The van der Waals surface area contributed by atoms with Gasteiger partial charge in [-0.25, -0.2) is 0 Å². The van der Waals surface area contributed by atoms with Gasteiger partial charge in [0.05, 0.1) is 6.61 Å². The van der Waals surface area contributed by atoms with Gasteiger partial charge in [0.25, 0.3) is 10.2 Å². The predicted molar refractivity (Wildman–Crippen MR) is 57.7 cm³/mol. The van der Waals surface area contributed by atoms with Crippen LogP contribution in [0.3, 0.4) is 0 Å². The number of rotatable bonds is 5. The van der Waals surface area contributed by atoms with Crippen molar-refractivity contribution < 1.29 is 13.5 Å². The monoisotopic (exact) mass is 237 g/mol. The zero-order valence-electron chi connectivity index (χ0n) is 8.94. The molecule has 1 saturated heterocycles. The highest BCUT2D eigenvalue weighted by atomic mass is 32.2. The summed E-state index contributed by atoms with van der Waals surface area (Å²) in [4.78, 5) is 0. The van der Waals surface area contributed by atoms with Gasteiger partial charge in [0.15, 0.2) is 0 Å². The van der Waals surface area contributed by atoms with Crippen molar-refractivity contribution in [3.63, 3.8) is 0 Å². The highest BCUT2D eigenvalue weighted by molar-refractivity contribution is 7.87. The molecule has 1 fully saturated rings. The maximum Gasteiger partial charge on any atom is 0.279 e. The second-order valence-electron chi connectivity index (χ2n) is 3.56. The molecule has 1 atom stereocenters. The SMILES string of the molecule is CC[C@@H](CO)NS(=O)(=O)N1CCNCC1. The second-order valence-corrected chi connectivity index (χ2v) is 5.26. The van der Waals surface area contributed by atoms with Crippen molar-refractivity contribution >= 4 is 10.2 Å². The Morgan fingerprint density at radius 2 is 2.07 bits per heavy atom. The predicted octanol–water partition coefficient (Wildman–Crippen LogP) is -1.50. The van der Waals surface area contributed by atoms with E-state index >= 15 is 0 Å². The quantitative estimate of drug-likeness (QED) is 0.543. The van der Waals surface area contributed by atoms with Crippen molar-refractivity contribution in [1.82, 2.24) is 14.3 Å². The lowest BCUT2D eigenvalue weighted by Crippen LogP contribution is -2.52. The summed E-state index contributed by atoms with van der Waals surface area (Å²) in [6, 6.07) is -0.384. The summed E-state index contributed by atoms with van der Waals surface area (Å²) in [6.45, 7) is 3.99. The summed E-state index contributed by atoms with van der Waals surface area (Å²) in [7, 11) is -3.42. The maximum absolute atomic E-state index is 11.8. The van der Waals surface area contributed by atoms with Crippen LogP contribution in [0.25, 0.3) is 0 Å². The van der Waals surface area contributed by atoms with Crippen LogP contribution in [0.1, 0.15) is 13.3 Å². The van der Waals surface area contributed by atoms with Gasteiger partial charge in [0, 0.05) is 32.2 Å². The van der Waals surface area contributed by atoms with Gasteiger partial charge < -0.3 is 10.4 Å². The first kappa shape index (κ1) is 12.9. The summed E-state index contributed by atoms with van der Waals surface area (Å²) in [6.07, 6.45) is 0.585. The first-order chi connectivity index (χ1) is 7.10. The molecule has 0 spiro atoms. The number of hydrogen-bond acceptors (Lipinski definition) is 4. The number of nitrogens with one attached hydrogen (secondary N) is 2. The van der Waals surface area contributed by atoms with Gasteiger partial charge >= 0.3 is 0 Å². The van der Waals surface area contributed by atoms with Crippen molar-refractivity contribution in [1.29, 1.82) is 0 Å². The number of hydrogen-bond donors (Lipinski definition) is 3. The fourth-order valence-corrected chi connectivity index (χ4v) is 2.89. The molecule has 15 heavy (non-hydrogen) atoms. The van der Waals surface area contributed by atoms with Crippen LogP contribution in [0.5, 0.6) is 0 Å². The number of aliphatic hydroxyl groups is 1. The molecular formula is C8H19N3O3S. The van der Waals surface area contributed by atoms with Crippen LogP contribution in [0.2, 0.25) is 0 Å². The van der Waals surface area contributed by atoms with Gasteiger partial charge in [0.2, 0.25) is 0 Å². The smallest absolute Gasteiger partial charge is 0.279 e. The lowest BCUT2D eigenvalue weighted by Gasteiger charge is -2.28. The molecule has 1 aliphatic heterocycles. The molecule has 7 heteroatoms. The van der Waals surface area contributed by atoms with E-state index in [4.69, 9.17) is 5.11 Å². The van der Waals surface area contributed by atoms with Crippen molar-refractivity contribution in [2.24, 2.45) is 0 Å². The molecule has 0 aliphatic carbocycles. The maximum atomic E-state index is 11.8. The second kappa shape index (κ2) is 5.76. The van der Waals surface area contributed by atoms with Gasteiger partial charge in [-0.15, -0.1) is 0 Å². The Morgan fingerprint density at radius 3 is 2.53 bits per heavy atom. The standard InChI is InChI=1S/C8H19N3O3S/c1-2-8(7-12)10-15(13,14)11-5-3-9-4-6-11/h8-10,12H,2-7H2,1H3/t8-/m0/s1. The molecule has 0 amide bonds. The summed E-state index contributed by atoms with van der Waals surface area (Å²) in [5.74, 6) is 0. The van der Waals surface area contributed by atoms with Crippen LogP contribution in [-0.2, 0) is 10.2 Å².